The third-order valence-electron chi connectivity index (χ3n) is 4.80. The third-order valence-corrected chi connectivity index (χ3v) is 7.21. The lowest BCUT2D eigenvalue weighted by molar-refractivity contribution is -0.140. The number of carbonyl (C=O) groups is 2. The fraction of sp³-hybridized carbons (Fsp3) is 0.391. The number of halogens is 3. The molecule has 0 unspecified atom stereocenters. The van der Waals surface area contributed by atoms with E-state index < -0.39 is 34.1 Å². The maximum atomic E-state index is 13.5. The molecule has 1 atom stereocenters. The summed E-state index contributed by atoms with van der Waals surface area (Å²) >= 11 is 15.4. The highest BCUT2D eigenvalue weighted by molar-refractivity contribution is 9.10. The first-order chi connectivity index (χ1) is 15.6. The third kappa shape index (κ3) is 8.15. The van der Waals surface area contributed by atoms with Gasteiger partial charge in [-0.2, -0.15) is 0 Å². The molecule has 2 aromatic carbocycles. The Morgan fingerprint density at radius 2 is 1.65 bits per heavy atom. The number of hydrogen-bond donors (Lipinski definition) is 1. The quantitative estimate of drug-likeness (QED) is 0.474. The summed E-state index contributed by atoms with van der Waals surface area (Å²) < 4.78 is 27.0. The molecular formula is C23H28BrCl2N3O4S. The maximum absolute atomic E-state index is 13.5. The van der Waals surface area contributed by atoms with Gasteiger partial charge in [0.25, 0.3) is 0 Å². The van der Waals surface area contributed by atoms with Gasteiger partial charge in [0, 0.05) is 16.6 Å². The second-order valence-corrected chi connectivity index (χ2v) is 12.6. The molecule has 0 aliphatic carbocycles. The Kier molecular flexibility index (Phi) is 9.44. The molecule has 2 rings (SSSR count). The number of sulfonamides is 1. The van der Waals surface area contributed by atoms with E-state index in [0.29, 0.717) is 0 Å². The molecule has 0 spiro atoms. The summed E-state index contributed by atoms with van der Waals surface area (Å²) in [5.41, 5.74) is 0.476. The SMILES string of the molecule is C[C@@H](C(=O)NC(C)(C)C)N(Cc1ccc(Br)cc1)C(=O)CN(c1ccc(Cl)c(Cl)c1)S(C)(=O)=O. The van der Waals surface area contributed by atoms with Gasteiger partial charge in [0.15, 0.2) is 0 Å². The number of anilines is 1. The zero-order chi connectivity index (χ0) is 25.8. The molecule has 0 bridgehead atoms. The molecule has 0 fully saturated rings. The molecule has 7 nitrogen and oxygen atoms in total. The van der Waals surface area contributed by atoms with E-state index in [4.69, 9.17) is 23.2 Å². The summed E-state index contributed by atoms with van der Waals surface area (Å²) in [4.78, 5) is 27.7. The lowest BCUT2D eigenvalue weighted by Gasteiger charge is -2.33. The highest BCUT2D eigenvalue weighted by Gasteiger charge is 2.31. The number of rotatable bonds is 8. The van der Waals surface area contributed by atoms with Crippen molar-refractivity contribution in [3.8, 4) is 0 Å². The average Bonchev–Trinajstić information content (AvgIpc) is 2.71. The van der Waals surface area contributed by atoms with Crippen LogP contribution in [0, 0.1) is 0 Å². The first-order valence-electron chi connectivity index (χ1n) is 10.4. The highest BCUT2D eigenvalue weighted by Crippen LogP contribution is 2.28. The van der Waals surface area contributed by atoms with Crippen molar-refractivity contribution in [2.24, 2.45) is 0 Å². The van der Waals surface area contributed by atoms with E-state index in [1.165, 1.54) is 23.1 Å². The summed E-state index contributed by atoms with van der Waals surface area (Å²) in [5, 5.41) is 3.29. The van der Waals surface area contributed by atoms with Crippen LogP contribution in [-0.2, 0) is 26.2 Å². The molecule has 0 heterocycles. The van der Waals surface area contributed by atoms with Gasteiger partial charge in [0.1, 0.15) is 12.6 Å². The molecule has 0 radical (unpaired) electrons. The van der Waals surface area contributed by atoms with E-state index >= 15 is 0 Å². The number of carbonyl (C=O) groups excluding carboxylic acids is 2. The van der Waals surface area contributed by atoms with Crippen molar-refractivity contribution in [1.82, 2.24) is 10.2 Å². The second kappa shape index (κ2) is 11.3. The zero-order valence-electron chi connectivity index (χ0n) is 19.6. The molecule has 0 saturated carbocycles. The molecule has 11 heteroatoms. The van der Waals surface area contributed by atoms with Crippen LogP contribution in [0.4, 0.5) is 5.69 Å². The van der Waals surface area contributed by atoms with Gasteiger partial charge in [-0.1, -0.05) is 51.3 Å². The molecule has 0 saturated heterocycles. The van der Waals surface area contributed by atoms with Crippen molar-refractivity contribution in [3.05, 3.63) is 62.5 Å². The topological polar surface area (TPSA) is 86.8 Å². The molecular weight excluding hydrogens is 565 g/mol. The summed E-state index contributed by atoms with van der Waals surface area (Å²) in [6, 6.07) is 10.8. The van der Waals surface area contributed by atoms with Crippen LogP contribution in [0.1, 0.15) is 33.3 Å². The average molecular weight is 593 g/mol. The van der Waals surface area contributed by atoms with Gasteiger partial charge in [-0.25, -0.2) is 8.42 Å². The van der Waals surface area contributed by atoms with E-state index in [2.05, 4.69) is 21.2 Å². The number of amides is 2. The van der Waals surface area contributed by atoms with Gasteiger partial charge >= 0.3 is 0 Å². The Bertz CT molecular complexity index is 1150. The monoisotopic (exact) mass is 591 g/mol. The van der Waals surface area contributed by atoms with Crippen LogP contribution in [0.15, 0.2) is 46.9 Å². The van der Waals surface area contributed by atoms with Crippen molar-refractivity contribution in [2.75, 3.05) is 17.1 Å². The fourth-order valence-electron chi connectivity index (χ4n) is 3.10. The Labute approximate surface area is 219 Å². The summed E-state index contributed by atoms with van der Waals surface area (Å²) in [7, 11) is -3.85. The van der Waals surface area contributed by atoms with E-state index in [1.54, 1.807) is 6.92 Å². The van der Waals surface area contributed by atoms with E-state index in [1.807, 2.05) is 45.0 Å². The standard InChI is InChI=1S/C23H28BrCl2N3O4S/c1-15(22(31)27-23(2,3)4)28(13-16-6-8-17(24)9-7-16)21(30)14-29(34(5,32)33)18-10-11-19(25)20(26)12-18/h6-12,15H,13-14H2,1-5H3,(H,27,31)/t15-/m0/s1. The van der Waals surface area contributed by atoms with Crippen molar-refractivity contribution in [3.63, 3.8) is 0 Å². The number of hydrogen-bond acceptors (Lipinski definition) is 4. The van der Waals surface area contributed by atoms with Crippen LogP contribution in [0.25, 0.3) is 0 Å². The first-order valence-corrected chi connectivity index (χ1v) is 13.8. The van der Waals surface area contributed by atoms with Crippen molar-refractivity contribution >= 4 is 66.7 Å². The normalized spacial score (nSPS) is 12.7. The van der Waals surface area contributed by atoms with Gasteiger partial charge in [0.2, 0.25) is 21.8 Å². The molecule has 34 heavy (non-hydrogen) atoms. The van der Waals surface area contributed by atoms with Crippen LogP contribution >= 0.6 is 39.1 Å². The number of benzene rings is 2. The van der Waals surface area contributed by atoms with Gasteiger partial charge in [-0.05, 0) is 63.6 Å². The van der Waals surface area contributed by atoms with Crippen LogP contribution < -0.4 is 9.62 Å². The fourth-order valence-corrected chi connectivity index (χ4v) is 4.50. The number of nitrogens with one attached hydrogen (secondary N) is 1. The second-order valence-electron chi connectivity index (χ2n) is 8.93. The predicted molar refractivity (Wildman–Crippen MR) is 141 cm³/mol. The largest absolute Gasteiger partial charge is 0.350 e. The molecule has 0 aromatic heterocycles. The summed E-state index contributed by atoms with van der Waals surface area (Å²) in [5.74, 6) is -0.894. The minimum Gasteiger partial charge on any atom is -0.350 e. The van der Waals surface area contributed by atoms with Gasteiger partial charge in [-0.15, -0.1) is 0 Å². The Morgan fingerprint density at radius 3 is 2.15 bits per heavy atom. The van der Waals surface area contributed by atoms with Gasteiger partial charge < -0.3 is 10.2 Å². The van der Waals surface area contributed by atoms with Crippen LogP contribution in [-0.4, -0.2) is 49.5 Å². The van der Waals surface area contributed by atoms with Crippen LogP contribution in [0.3, 0.4) is 0 Å². The Hall–Kier alpha value is -1.81. The van der Waals surface area contributed by atoms with Crippen LogP contribution in [0.2, 0.25) is 10.0 Å². The number of nitrogens with zero attached hydrogens (tertiary/aromatic N) is 2. The molecule has 0 aliphatic heterocycles. The molecule has 2 aromatic rings. The predicted octanol–water partition coefficient (Wildman–Crippen LogP) is 4.85. The molecule has 2 amide bonds. The molecule has 186 valence electrons. The zero-order valence-corrected chi connectivity index (χ0v) is 23.5. The smallest absolute Gasteiger partial charge is 0.244 e. The lowest BCUT2D eigenvalue weighted by Crippen LogP contribution is -2.54. The molecule has 0 aliphatic rings. The van der Waals surface area contributed by atoms with Crippen molar-refractivity contribution < 1.29 is 18.0 Å². The van der Waals surface area contributed by atoms with Gasteiger partial charge in [0.05, 0.1) is 22.0 Å². The van der Waals surface area contributed by atoms with Crippen molar-refractivity contribution in [1.29, 1.82) is 0 Å². The van der Waals surface area contributed by atoms with Crippen molar-refractivity contribution in [2.45, 2.75) is 45.8 Å². The summed E-state index contributed by atoms with van der Waals surface area (Å²) in [6.07, 6.45) is 0.998. The summed E-state index contributed by atoms with van der Waals surface area (Å²) in [6.45, 7) is 6.74. The highest BCUT2D eigenvalue weighted by atomic mass is 79.9. The van der Waals surface area contributed by atoms with E-state index in [-0.39, 0.29) is 28.2 Å². The maximum Gasteiger partial charge on any atom is 0.244 e. The molecule has 1 N–H and O–H groups in total. The first kappa shape index (κ1) is 28.4. The Balaban J connectivity index is 2.41. The minimum absolute atomic E-state index is 0.115. The van der Waals surface area contributed by atoms with E-state index in [9.17, 15) is 18.0 Å². The lowest BCUT2D eigenvalue weighted by atomic mass is 10.1. The van der Waals surface area contributed by atoms with E-state index in [0.717, 1.165) is 20.6 Å². The van der Waals surface area contributed by atoms with Gasteiger partial charge in [-0.3, -0.25) is 13.9 Å². The Morgan fingerprint density at radius 1 is 1.06 bits per heavy atom. The minimum atomic E-state index is -3.85. The van der Waals surface area contributed by atoms with Crippen LogP contribution in [0.5, 0.6) is 0 Å².